The van der Waals surface area contributed by atoms with E-state index >= 15 is 0 Å². The van der Waals surface area contributed by atoms with Gasteiger partial charge in [0.25, 0.3) is 0 Å². The summed E-state index contributed by atoms with van der Waals surface area (Å²) < 4.78 is 27.8. The summed E-state index contributed by atoms with van der Waals surface area (Å²) in [6, 6.07) is 5.36. The zero-order chi connectivity index (χ0) is 18.7. The van der Waals surface area contributed by atoms with Crippen LogP contribution in [0.15, 0.2) is 18.2 Å². The van der Waals surface area contributed by atoms with Gasteiger partial charge in [0, 0.05) is 12.6 Å². The van der Waals surface area contributed by atoms with Crippen molar-refractivity contribution >= 4 is 33.2 Å². The van der Waals surface area contributed by atoms with Crippen LogP contribution in [0.1, 0.15) is 45.6 Å². The molecular weight excluding hydrogens is 379 g/mol. The van der Waals surface area contributed by atoms with Crippen LogP contribution in [0.2, 0.25) is 10.0 Å². The molecule has 142 valence electrons. The summed E-state index contributed by atoms with van der Waals surface area (Å²) in [7, 11) is -3.35. The van der Waals surface area contributed by atoms with Crippen LogP contribution >= 0.6 is 23.2 Å². The topological polar surface area (TPSA) is 49.4 Å². The molecule has 0 saturated carbocycles. The lowest BCUT2D eigenvalue weighted by Gasteiger charge is -2.34. The highest BCUT2D eigenvalue weighted by molar-refractivity contribution is 7.89. The molecule has 1 aromatic carbocycles. The smallest absolute Gasteiger partial charge is 0.214 e. The molecule has 0 bridgehead atoms. The highest BCUT2D eigenvalue weighted by atomic mass is 35.5. The maximum absolute atomic E-state index is 13.1. The second-order valence-corrected chi connectivity index (χ2v) is 10.8. The molecule has 25 heavy (non-hydrogen) atoms. The fourth-order valence-corrected chi connectivity index (χ4v) is 5.36. The average Bonchev–Trinajstić information content (AvgIpc) is 2.54. The summed E-state index contributed by atoms with van der Waals surface area (Å²) in [6.07, 6.45) is 2.30. The second kappa shape index (κ2) is 8.57. The monoisotopic (exact) mass is 406 g/mol. The third kappa shape index (κ3) is 6.40. The minimum Gasteiger partial charge on any atom is -0.317 e. The SMILES string of the molecule is CC(C)(C)CCS(=O)(=O)N(Cc1ccc(Cl)c(Cl)c1)C1CCNCC1. The molecule has 7 heteroatoms. The zero-order valence-electron chi connectivity index (χ0n) is 15.2. The first-order chi connectivity index (χ1) is 11.6. The van der Waals surface area contributed by atoms with E-state index < -0.39 is 10.0 Å². The predicted octanol–water partition coefficient (Wildman–Crippen LogP) is 4.31. The van der Waals surface area contributed by atoms with Crippen molar-refractivity contribution in [1.29, 1.82) is 0 Å². The van der Waals surface area contributed by atoms with Gasteiger partial charge in [0.1, 0.15) is 0 Å². The third-order valence-electron chi connectivity index (χ3n) is 4.51. The molecule has 1 heterocycles. The summed E-state index contributed by atoms with van der Waals surface area (Å²) in [4.78, 5) is 0. The maximum Gasteiger partial charge on any atom is 0.214 e. The molecule has 0 atom stereocenters. The van der Waals surface area contributed by atoms with E-state index in [0.29, 0.717) is 23.0 Å². The van der Waals surface area contributed by atoms with Gasteiger partial charge in [-0.25, -0.2) is 8.42 Å². The number of nitrogens with one attached hydrogen (secondary N) is 1. The van der Waals surface area contributed by atoms with Crippen molar-refractivity contribution < 1.29 is 8.42 Å². The highest BCUT2D eigenvalue weighted by Crippen LogP contribution is 2.27. The number of sulfonamides is 1. The van der Waals surface area contributed by atoms with Gasteiger partial charge in [-0.3, -0.25) is 0 Å². The Balaban J connectivity index is 2.24. The Morgan fingerprint density at radius 3 is 2.36 bits per heavy atom. The Kier molecular flexibility index (Phi) is 7.19. The number of hydrogen-bond acceptors (Lipinski definition) is 3. The van der Waals surface area contributed by atoms with Gasteiger partial charge in [0.15, 0.2) is 0 Å². The van der Waals surface area contributed by atoms with Gasteiger partial charge >= 0.3 is 0 Å². The Morgan fingerprint density at radius 1 is 1.16 bits per heavy atom. The fraction of sp³-hybridized carbons (Fsp3) is 0.667. The van der Waals surface area contributed by atoms with Crippen LogP contribution in [0.5, 0.6) is 0 Å². The summed E-state index contributed by atoms with van der Waals surface area (Å²) in [5.41, 5.74) is 0.850. The molecule has 4 nitrogen and oxygen atoms in total. The molecule has 0 aliphatic carbocycles. The molecule has 1 fully saturated rings. The van der Waals surface area contributed by atoms with Crippen molar-refractivity contribution in [2.24, 2.45) is 5.41 Å². The van der Waals surface area contributed by atoms with Gasteiger partial charge in [-0.05, 0) is 55.5 Å². The van der Waals surface area contributed by atoms with Crippen LogP contribution in [-0.4, -0.2) is 37.6 Å². The first-order valence-electron chi connectivity index (χ1n) is 8.73. The molecule has 0 radical (unpaired) electrons. The maximum atomic E-state index is 13.1. The van der Waals surface area contributed by atoms with Crippen LogP contribution in [0.25, 0.3) is 0 Å². The lowest BCUT2D eigenvalue weighted by atomic mass is 9.94. The number of benzene rings is 1. The molecule has 1 saturated heterocycles. The molecular formula is C18H28Cl2N2O2S. The number of nitrogens with zero attached hydrogens (tertiary/aromatic N) is 1. The average molecular weight is 407 g/mol. The van der Waals surface area contributed by atoms with Gasteiger partial charge in [0.05, 0.1) is 15.8 Å². The van der Waals surface area contributed by atoms with Gasteiger partial charge < -0.3 is 5.32 Å². The van der Waals surface area contributed by atoms with Crippen molar-refractivity contribution in [2.75, 3.05) is 18.8 Å². The van der Waals surface area contributed by atoms with Crippen molar-refractivity contribution in [3.63, 3.8) is 0 Å². The van der Waals surface area contributed by atoms with E-state index in [1.807, 2.05) is 6.07 Å². The quantitative estimate of drug-likeness (QED) is 0.765. The number of hydrogen-bond donors (Lipinski definition) is 1. The van der Waals surface area contributed by atoms with Crippen LogP contribution in [0.3, 0.4) is 0 Å². The van der Waals surface area contributed by atoms with E-state index in [-0.39, 0.29) is 17.2 Å². The third-order valence-corrected chi connectivity index (χ3v) is 7.11. The van der Waals surface area contributed by atoms with Crippen LogP contribution < -0.4 is 5.32 Å². The van der Waals surface area contributed by atoms with E-state index in [2.05, 4.69) is 26.1 Å². The van der Waals surface area contributed by atoms with Crippen LogP contribution in [0, 0.1) is 5.41 Å². The van der Waals surface area contributed by atoms with E-state index in [0.717, 1.165) is 31.5 Å². The van der Waals surface area contributed by atoms with E-state index in [1.54, 1.807) is 16.4 Å². The molecule has 1 aliphatic heterocycles. The second-order valence-electron chi connectivity index (χ2n) is 7.90. The van der Waals surface area contributed by atoms with Crippen molar-refractivity contribution in [2.45, 2.75) is 52.6 Å². The van der Waals surface area contributed by atoms with Crippen molar-refractivity contribution in [3.05, 3.63) is 33.8 Å². The normalized spacial score (nSPS) is 17.2. The molecule has 0 spiro atoms. The minimum atomic E-state index is -3.35. The Labute approximate surface area is 161 Å². The van der Waals surface area contributed by atoms with Crippen molar-refractivity contribution in [3.8, 4) is 0 Å². The summed E-state index contributed by atoms with van der Waals surface area (Å²) in [5, 5.41) is 4.23. The number of rotatable bonds is 6. The molecule has 1 aromatic rings. The molecule has 0 aromatic heterocycles. The number of halogens is 2. The van der Waals surface area contributed by atoms with Crippen LogP contribution in [0.4, 0.5) is 0 Å². The zero-order valence-corrected chi connectivity index (χ0v) is 17.5. The van der Waals surface area contributed by atoms with E-state index in [9.17, 15) is 8.42 Å². The first kappa shape index (κ1) is 21.0. The fourth-order valence-electron chi connectivity index (χ4n) is 2.92. The van der Waals surface area contributed by atoms with Crippen molar-refractivity contribution in [1.82, 2.24) is 9.62 Å². The van der Waals surface area contributed by atoms with Gasteiger partial charge in [-0.15, -0.1) is 0 Å². The van der Waals surface area contributed by atoms with Gasteiger partial charge in [-0.1, -0.05) is 50.0 Å². The molecule has 0 amide bonds. The Bertz CT molecular complexity index is 681. The minimum absolute atomic E-state index is 0.0174. The summed E-state index contributed by atoms with van der Waals surface area (Å²) in [5.74, 6) is 0.168. The first-order valence-corrected chi connectivity index (χ1v) is 11.1. The Morgan fingerprint density at radius 2 is 1.80 bits per heavy atom. The van der Waals surface area contributed by atoms with Gasteiger partial charge in [0.2, 0.25) is 10.0 Å². The number of piperidine rings is 1. The Hall–Kier alpha value is -0.330. The molecule has 1 N–H and O–H groups in total. The lowest BCUT2D eigenvalue weighted by Crippen LogP contribution is -2.46. The lowest BCUT2D eigenvalue weighted by molar-refractivity contribution is 0.254. The molecule has 0 unspecified atom stereocenters. The van der Waals surface area contributed by atoms with Gasteiger partial charge in [-0.2, -0.15) is 4.31 Å². The highest BCUT2D eigenvalue weighted by Gasteiger charge is 2.32. The van der Waals surface area contributed by atoms with E-state index in [4.69, 9.17) is 23.2 Å². The largest absolute Gasteiger partial charge is 0.317 e. The molecule has 2 rings (SSSR count). The van der Waals surface area contributed by atoms with E-state index in [1.165, 1.54) is 0 Å². The van der Waals surface area contributed by atoms with Crippen LogP contribution in [-0.2, 0) is 16.6 Å². The summed E-state index contributed by atoms with van der Waals surface area (Å²) in [6.45, 7) is 8.23. The predicted molar refractivity (Wildman–Crippen MR) is 106 cm³/mol. The molecule has 1 aliphatic rings. The standard InChI is InChI=1S/C18H28Cl2N2O2S/c1-18(2,3)8-11-25(23,24)22(15-6-9-21-10-7-15)13-14-4-5-16(19)17(20)12-14/h4-5,12,15,21H,6-11,13H2,1-3H3. The summed E-state index contributed by atoms with van der Waals surface area (Å²) >= 11 is 12.1.